The third kappa shape index (κ3) is 2.80. The molecule has 5 heteroatoms. The lowest BCUT2D eigenvalue weighted by Gasteiger charge is -2.22. The minimum atomic E-state index is -3.52. The Morgan fingerprint density at radius 2 is 2.05 bits per heavy atom. The summed E-state index contributed by atoms with van der Waals surface area (Å²) in [5, 5.41) is 8.07. The van der Waals surface area contributed by atoms with Crippen LogP contribution in [0.1, 0.15) is 30.9 Å². The summed E-state index contributed by atoms with van der Waals surface area (Å²) >= 11 is 0. The molecule has 0 amide bonds. The lowest BCUT2D eigenvalue weighted by molar-refractivity contribution is 0.405. The summed E-state index contributed by atoms with van der Waals surface area (Å²) in [5.74, 6) is 0. The Labute approximate surface area is 114 Å². The summed E-state index contributed by atoms with van der Waals surface area (Å²) in [4.78, 5) is 0. The number of fused-ring (bicyclic) bond motifs is 1. The first-order valence-corrected chi connectivity index (χ1v) is 8.05. The van der Waals surface area contributed by atoms with Crippen LogP contribution in [0.2, 0.25) is 0 Å². The standard InChI is InChI=1S/C14H18N2O2S/c1-2-14(10-15)19(17,18)16-9-5-8-12-6-3-4-7-13(12)11-16/h3-4,6-7,14H,2,5,8-9,11H2,1H3. The van der Waals surface area contributed by atoms with Gasteiger partial charge in [-0.3, -0.25) is 0 Å². The molecule has 1 aromatic rings. The van der Waals surface area contributed by atoms with Gasteiger partial charge in [-0.1, -0.05) is 31.2 Å². The van der Waals surface area contributed by atoms with Gasteiger partial charge in [-0.15, -0.1) is 0 Å². The van der Waals surface area contributed by atoms with Crippen molar-refractivity contribution in [3.63, 3.8) is 0 Å². The van der Waals surface area contributed by atoms with E-state index in [-0.39, 0.29) is 0 Å². The fraction of sp³-hybridized carbons (Fsp3) is 0.500. The molecule has 102 valence electrons. The van der Waals surface area contributed by atoms with E-state index >= 15 is 0 Å². The molecule has 1 aliphatic rings. The van der Waals surface area contributed by atoms with E-state index in [9.17, 15) is 8.42 Å². The van der Waals surface area contributed by atoms with Crippen molar-refractivity contribution in [3.8, 4) is 6.07 Å². The summed E-state index contributed by atoms with van der Waals surface area (Å²) in [6.07, 6.45) is 2.03. The molecule has 1 atom stereocenters. The van der Waals surface area contributed by atoms with Crippen molar-refractivity contribution in [2.45, 2.75) is 38.0 Å². The Morgan fingerprint density at radius 1 is 1.37 bits per heavy atom. The Hall–Kier alpha value is -1.38. The molecule has 1 unspecified atom stereocenters. The highest BCUT2D eigenvalue weighted by molar-refractivity contribution is 7.89. The van der Waals surface area contributed by atoms with E-state index in [0.29, 0.717) is 19.5 Å². The molecule has 0 aromatic heterocycles. The van der Waals surface area contributed by atoms with E-state index in [0.717, 1.165) is 18.4 Å². The van der Waals surface area contributed by atoms with E-state index in [1.54, 1.807) is 6.92 Å². The van der Waals surface area contributed by atoms with Crippen molar-refractivity contribution >= 4 is 10.0 Å². The average Bonchev–Trinajstić information content (AvgIpc) is 2.62. The fourth-order valence-electron chi connectivity index (χ4n) is 2.44. The van der Waals surface area contributed by atoms with Gasteiger partial charge in [0.25, 0.3) is 0 Å². The van der Waals surface area contributed by atoms with Crippen LogP contribution in [0, 0.1) is 11.3 Å². The molecule has 0 N–H and O–H groups in total. The van der Waals surface area contributed by atoms with Gasteiger partial charge in [0.05, 0.1) is 6.07 Å². The van der Waals surface area contributed by atoms with Crippen molar-refractivity contribution in [1.29, 1.82) is 5.26 Å². The smallest absolute Gasteiger partial charge is 0.211 e. The van der Waals surface area contributed by atoms with Gasteiger partial charge in [0.15, 0.2) is 5.25 Å². The quantitative estimate of drug-likeness (QED) is 0.850. The van der Waals surface area contributed by atoms with E-state index in [1.807, 2.05) is 30.3 Å². The number of hydrogen-bond acceptors (Lipinski definition) is 3. The van der Waals surface area contributed by atoms with Crippen LogP contribution in [-0.2, 0) is 23.0 Å². The normalized spacial score (nSPS) is 18.1. The maximum atomic E-state index is 12.4. The predicted molar refractivity (Wildman–Crippen MR) is 73.8 cm³/mol. The van der Waals surface area contributed by atoms with Crippen LogP contribution in [0.15, 0.2) is 24.3 Å². The zero-order chi connectivity index (χ0) is 13.9. The zero-order valence-electron chi connectivity index (χ0n) is 11.0. The molecule has 19 heavy (non-hydrogen) atoms. The molecule has 1 heterocycles. The van der Waals surface area contributed by atoms with E-state index < -0.39 is 15.3 Å². The summed E-state index contributed by atoms with van der Waals surface area (Å²) in [5.41, 5.74) is 2.27. The topological polar surface area (TPSA) is 61.2 Å². The SMILES string of the molecule is CCC(C#N)S(=O)(=O)N1CCCc2ccccc2C1. The van der Waals surface area contributed by atoms with Crippen LogP contribution >= 0.6 is 0 Å². The predicted octanol–water partition coefficient (Wildman–Crippen LogP) is 2.07. The van der Waals surface area contributed by atoms with Gasteiger partial charge in [0, 0.05) is 13.1 Å². The van der Waals surface area contributed by atoms with E-state index in [1.165, 1.54) is 9.87 Å². The lowest BCUT2D eigenvalue weighted by Crippen LogP contribution is -2.37. The monoisotopic (exact) mass is 278 g/mol. The highest BCUT2D eigenvalue weighted by Crippen LogP contribution is 2.23. The zero-order valence-corrected chi connectivity index (χ0v) is 11.9. The highest BCUT2D eigenvalue weighted by Gasteiger charge is 2.32. The summed E-state index contributed by atoms with van der Waals surface area (Å²) in [6.45, 7) is 2.61. The minimum absolute atomic E-state index is 0.330. The molecule has 0 fully saturated rings. The maximum Gasteiger partial charge on any atom is 0.230 e. The Kier molecular flexibility index (Phi) is 4.23. The van der Waals surface area contributed by atoms with Crippen molar-refractivity contribution in [2.75, 3.05) is 6.54 Å². The van der Waals surface area contributed by atoms with Crippen molar-refractivity contribution in [3.05, 3.63) is 35.4 Å². The first kappa shape index (κ1) is 14.0. The number of benzene rings is 1. The molecule has 0 saturated heterocycles. The molecule has 4 nitrogen and oxygen atoms in total. The second-order valence-corrected chi connectivity index (χ2v) is 6.89. The molecule has 2 rings (SSSR count). The van der Waals surface area contributed by atoms with E-state index in [2.05, 4.69) is 0 Å². The largest absolute Gasteiger partial charge is 0.230 e. The maximum absolute atomic E-state index is 12.4. The second-order valence-electron chi connectivity index (χ2n) is 4.78. The Balaban J connectivity index is 2.31. The van der Waals surface area contributed by atoms with Gasteiger partial charge in [-0.2, -0.15) is 9.57 Å². The summed E-state index contributed by atoms with van der Waals surface area (Å²) in [7, 11) is -3.52. The number of rotatable bonds is 3. The average molecular weight is 278 g/mol. The molecule has 0 saturated carbocycles. The van der Waals surface area contributed by atoms with Crippen LogP contribution in [0.3, 0.4) is 0 Å². The second kappa shape index (κ2) is 5.72. The third-order valence-electron chi connectivity index (χ3n) is 3.55. The molecule has 1 aromatic carbocycles. The molecule has 0 bridgehead atoms. The highest BCUT2D eigenvalue weighted by atomic mass is 32.2. The molecule has 0 radical (unpaired) electrons. The fourth-order valence-corrected chi connectivity index (χ4v) is 4.05. The first-order chi connectivity index (χ1) is 9.09. The van der Waals surface area contributed by atoms with Gasteiger partial charge in [0.2, 0.25) is 10.0 Å². The van der Waals surface area contributed by atoms with Crippen LogP contribution in [0.4, 0.5) is 0 Å². The number of aryl methyl sites for hydroxylation is 1. The van der Waals surface area contributed by atoms with Gasteiger partial charge in [-0.05, 0) is 30.4 Å². The Bertz CT molecular complexity index is 590. The van der Waals surface area contributed by atoms with Gasteiger partial charge in [-0.25, -0.2) is 8.42 Å². The lowest BCUT2D eigenvalue weighted by atomic mass is 10.0. The molecule has 0 spiro atoms. The van der Waals surface area contributed by atoms with Gasteiger partial charge in [0.1, 0.15) is 0 Å². The number of hydrogen-bond donors (Lipinski definition) is 0. The summed E-state index contributed by atoms with van der Waals surface area (Å²) in [6, 6.07) is 9.83. The van der Waals surface area contributed by atoms with Crippen molar-refractivity contribution in [2.24, 2.45) is 0 Å². The number of nitriles is 1. The van der Waals surface area contributed by atoms with Gasteiger partial charge < -0.3 is 0 Å². The summed E-state index contributed by atoms with van der Waals surface area (Å²) < 4.78 is 26.3. The molecular weight excluding hydrogens is 260 g/mol. The van der Waals surface area contributed by atoms with Crippen molar-refractivity contribution in [1.82, 2.24) is 4.31 Å². The van der Waals surface area contributed by atoms with Crippen LogP contribution < -0.4 is 0 Å². The first-order valence-electron chi connectivity index (χ1n) is 6.55. The van der Waals surface area contributed by atoms with Crippen LogP contribution in [-0.4, -0.2) is 24.5 Å². The third-order valence-corrected chi connectivity index (χ3v) is 5.74. The van der Waals surface area contributed by atoms with Crippen LogP contribution in [0.5, 0.6) is 0 Å². The molecular formula is C14H18N2O2S. The molecule has 0 aliphatic carbocycles. The number of sulfonamides is 1. The molecule has 1 aliphatic heterocycles. The minimum Gasteiger partial charge on any atom is -0.211 e. The van der Waals surface area contributed by atoms with Crippen molar-refractivity contribution < 1.29 is 8.42 Å². The number of nitrogens with zero attached hydrogens (tertiary/aromatic N) is 2. The Morgan fingerprint density at radius 3 is 2.68 bits per heavy atom. The van der Waals surface area contributed by atoms with Gasteiger partial charge >= 0.3 is 0 Å². The van der Waals surface area contributed by atoms with Crippen LogP contribution in [0.25, 0.3) is 0 Å². The van der Waals surface area contributed by atoms with E-state index in [4.69, 9.17) is 5.26 Å².